The van der Waals surface area contributed by atoms with Crippen LogP contribution in [0.15, 0.2) is 12.2 Å². The fourth-order valence-corrected chi connectivity index (χ4v) is 0.760. The van der Waals surface area contributed by atoms with E-state index in [0.717, 1.165) is 0 Å². The molecule has 0 amide bonds. The first-order chi connectivity index (χ1) is 9.50. The van der Waals surface area contributed by atoms with Crippen LogP contribution in [0, 0.1) is 0 Å². The molecule has 1 aliphatic rings. The maximum atomic E-state index is 10.7. The molecule has 0 aromatic heterocycles. The molecule has 16 heteroatoms. The Hall–Kier alpha value is 0.179. The van der Waals surface area contributed by atoms with Crippen LogP contribution < -0.4 is 0 Å². The van der Waals surface area contributed by atoms with Crippen LogP contribution in [-0.2, 0) is 54.4 Å². The minimum atomic E-state index is -5.84. The third-order valence-electron chi connectivity index (χ3n) is 1.74. The number of hydrogen-bond donors (Lipinski definition) is 2. The van der Waals surface area contributed by atoms with Gasteiger partial charge in [0, 0.05) is 34.1 Å². The van der Waals surface area contributed by atoms with Crippen LogP contribution in [0.4, 0.5) is 26.3 Å². The Morgan fingerprint density at radius 3 is 0.875 bits per heavy atom. The second-order valence-corrected chi connectivity index (χ2v) is 6.42. The Bertz CT molecular complexity index is 505. The minimum absolute atomic E-state index is 0. The fraction of sp³-hybridized carbons (Fsp3) is 0.750. The van der Waals surface area contributed by atoms with Crippen molar-refractivity contribution in [2.75, 3.05) is 0 Å². The molecule has 156 valence electrons. The zero-order valence-corrected chi connectivity index (χ0v) is 14.7. The van der Waals surface area contributed by atoms with Crippen LogP contribution in [0.2, 0.25) is 0 Å². The summed E-state index contributed by atoms with van der Waals surface area (Å²) in [5, 5.41) is 0. The first-order valence-electron chi connectivity index (χ1n) is 5.22. The second-order valence-electron chi connectivity index (χ2n) is 3.60. The summed E-state index contributed by atoms with van der Waals surface area (Å²) in [7, 11) is -11.7. The van der Waals surface area contributed by atoms with Gasteiger partial charge in [-0.3, -0.25) is 9.11 Å². The van der Waals surface area contributed by atoms with Gasteiger partial charge in [0.15, 0.2) is 0 Å². The van der Waals surface area contributed by atoms with Crippen LogP contribution in [0.5, 0.6) is 0 Å². The van der Waals surface area contributed by atoms with Crippen molar-refractivity contribution in [1.82, 2.24) is 0 Å². The summed E-state index contributed by atoms with van der Waals surface area (Å²) in [6, 6.07) is 0. The van der Waals surface area contributed by atoms with Crippen molar-refractivity contribution in [3.05, 3.63) is 12.2 Å². The van der Waals surface area contributed by atoms with E-state index in [0.29, 0.717) is 0 Å². The molecule has 24 heavy (non-hydrogen) atoms. The molecular weight excluding hydrogens is 497 g/mol. The molecule has 2 N–H and O–H groups in total. The summed E-state index contributed by atoms with van der Waals surface area (Å²) in [4.78, 5) is 0. The van der Waals surface area contributed by atoms with Gasteiger partial charge in [0.05, 0.1) is 0 Å². The van der Waals surface area contributed by atoms with Crippen LogP contribution in [-0.4, -0.2) is 37.0 Å². The van der Waals surface area contributed by atoms with Gasteiger partial charge in [0.25, 0.3) is 0 Å². The summed E-state index contributed by atoms with van der Waals surface area (Å²) in [5.74, 6) is 0. The number of hydrogen-bond acceptors (Lipinski definition) is 4. The second kappa shape index (κ2) is 12.5. The van der Waals surface area contributed by atoms with E-state index in [-0.39, 0.29) is 34.1 Å². The Labute approximate surface area is 155 Å². The molecule has 0 aromatic carbocycles. The minimum Gasteiger partial charge on any atom is -0.279 e. The molecule has 0 atom stereocenters. The van der Waals surface area contributed by atoms with Crippen molar-refractivity contribution in [3.8, 4) is 0 Å². The smallest absolute Gasteiger partial charge is 0.279 e. The van der Waals surface area contributed by atoms with Gasteiger partial charge in [-0.1, -0.05) is 12.2 Å². The van der Waals surface area contributed by atoms with Crippen molar-refractivity contribution in [3.63, 3.8) is 0 Å². The molecule has 2 radical (unpaired) electrons. The van der Waals surface area contributed by atoms with E-state index in [1.165, 1.54) is 25.7 Å². The topological polar surface area (TPSA) is 109 Å². The van der Waals surface area contributed by atoms with Gasteiger partial charge < -0.3 is 0 Å². The molecule has 0 aromatic rings. The van der Waals surface area contributed by atoms with Crippen molar-refractivity contribution in [2.45, 2.75) is 36.7 Å². The third-order valence-corrected chi connectivity index (χ3v) is 2.91. The van der Waals surface area contributed by atoms with E-state index in [1.54, 1.807) is 0 Å². The zero-order chi connectivity index (χ0) is 18.2. The SMILES string of the molecule is C1=CCCCC1.O=S(=O)(O)C(F)(F)F.O=S(=O)(O)C(F)(F)F.[Cu].[Cu]. The van der Waals surface area contributed by atoms with Gasteiger partial charge in [0.2, 0.25) is 0 Å². The standard InChI is InChI=1S/C6H10.2CHF3O3S.2Cu/c1-2-4-6-5-3-1;2*2-1(3,4)8(5,6)7;;/h1-2H,3-6H2;2*(H,5,6,7);;. The number of halogens is 6. The number of allylic oxidation sites excluding steroid dienone is 2. The quantitative estimate of drug-likeness (QED) is 0.171. The predicted octanol–water partition coefficient (Wildman–Crippen LogP) is 2.90. The molecule has 0 saturated carbocycles. The molecule has 6 nitrogen and oxygen atoms in total. The average Bonchev–Trinajstić information content (AvgIpc) is 2.27. The van der Waals surface area contributed by atoms with Crippen LogP contribution in [0.3, 0.4) is 0 Å². The fourth-order valence-electron chi connectivity index (χ4n) is 0.760. The first kappa shape index (κ1) is 31.9. The Morgan fingerprint density at radius 1 is 0.667 bits per heavy atom. The normalized spacial score (nSPS) is 14.7. The molecule has 0 saturated heterocycles. The van der Waals surface area contributed by atoms with Crippen molar-refractivity contribution in [1.29, 1.82) is 0 Å². The van der Waals surface area contributed by atoms with Crippen molar-refractivity contribution in [2.24, 2.45) is 0 Å². The van der Waals surface area contributed by atoms with E-state index < -0.39 is 31.3 Å². The summed E-state index contributed by atoms with van der Waals surface area (Å²) < 4.78 is 115. The predicted molar refractivity (Wildman–Crippen MR) is 62.8 cm³/mol. The Kier molecular flexibility index (Phi) is 16.6. The van der Waals surface area contributed by atoms with Gasteiger partial charge in [-0.25, -0.2) is 0 Å². The van der Waals surface area contributed by atoms with Crippen LogP contribution >= 0.6 is 0 Å². The molecule has 0 bridgehead atoms. The van der Waals surface area contributed by atoms with E-state index in [2.05, 4.69) is 12.2 Å². The average molecular weight is 509 g/mol. The number of alkyl halides is 6. The molecular formula is C8H12Cu2F6O6S2. The maximum absolute atomic E-state index is 10.7. The van der Waals surface area contributed by atoms with Crippen LogP contribution in [0.25, 0.3) is 0 Å². The molecule has 0 fully saturated rings. The Morgan fingerprint density at radius 2 is 0.833 bits per heavy atom. The summed E-state index contributed by atoms with van der Waals surface area (Å²) >= 11 is 0. The third kappa shape index (κ3) is 17.0. The molecule has 0 unspecified atom stereocenters. The van der Waals surface area contributed by atoms with Gasteiger partial charge >= 0.3 is 31.3 Å². The Balaban J connectivity index is -0.000000121. The molecule has 0 heterocycles. The monoisotopic (exact) mass is 508 g/mol. The molecule has 0 aliphatic heterocycles. The summed E-state index contributed by atoms with van der Waals surface area (Å²) in [6.07, 6.45) is 10.0. The van der Waals surface area contributed by atoms with Gasteiger partial charge in [-0.05, 0) is 25.7 Å². The van der Waals surface area contributed by atoms with Crippen molar-refractivity contribution < 1.29 is 86.4 Å². The van der Waals surface area contributed by atoms with E-state index in [4.69, 9.17) is 25.9 Å². The van der Waals surface area contributed by atoms with Gasteiger partial charge in [-0.15, -0.1) is 0 Å². The number of rotatable bonds is 0. The maximum Gasteiger partial charge on any atom is 0.522 e. The van der Waals surface area contributed by atoms with Gasteiger partial charge in [0.1, 0.15) is 0 Å². The van der Waals surface area contributed by atoms with Gasteiger partial charge in [-0.2, -0.15) is 43.2 Å². The molecule has 1 aliphatic carbocycles. The molecule has 1 rings (SSSR count). The summed E-state index contributed by atoms with van der Waals surface area (Å²) in [5.41, 5.74) is -11.1. The first-order valence-corrected chi connectivity index (χ1v) is 8.10. The summed E-state index contributed by atoms with van der Waals surface area (Å²) in [6.45, 7) is 0. The van der Waals surface area contributed by atoms with Crippen LogP contribution in [0.1, 0.15) is 25.7 Å². The zero-order valence-electron chi connectivity index (χ0n) is 11.2. The largest absolute Gasteiger partial charge is 0.522 e. The van der Waals surface area contributed by atoms with E-state index >= 15 is 0 Å². The van der Waals surface area contributed by atoms with E-state index in [9.17, 15) is 26.3 Å². The molecule has 0 spiro atoms. The van der Waals surface area contributed by atoms with Crippen molar-refractivity contribution >= 4 is 20.2 Å². The van der Waals surface area contributed by atoms with E-state index in [1.807, 2.05) is 0 Å².